The standard InChI is InChI=1S/C16H20F3N3O.2ClH/c1-23-11-2-3-14-12(8-11)13(10-21-14)15(9-16(17,18)19)22-6-4-20-5-7-22;;/h2-3,8,10,15,20-21H,4-7,9H2,1H3;2*1H/t15-;;/m1../s1. The number of alkyl halides is 3. The molecule has 1 atom stereocenters. The van der Waals surface area contributed by atoms with Gasteiger partial charge in [-0.25, -0.2) is 0 Å². The Morgan fingerprint density at radius 2 is 1.88 bits per heavy atom. The minimum atomic E-state index is -4.21. The van der Waals surface area contributed by atoms with Crippen molar-refractivity contribution < 1.29 is 17.9 Å². The zero-order chi connectivity index (χ0) is 16.4. The molecule has 142 valence electrons. The number of hydrogen-bond donors (Lipinski definition) is 2. The van der Waals surface area contributed by atoms with Crippen LogP contribution in [0.1, 0.15) is 18.0 Å². The van der Waals surface area contributed by atoms with E-state index in [2.05, 4.69) is 10.3 Å². The summed E-state index contributed by atoms with van der Waals surface area (Å²) in [6.07, 6.45) is -3.36. The lowest BCUT2D eigenvalue weighted by atomic mass is 10.00. The van der Waals surface area contributed by atoms with Crippen LogP contribution < -0.4 is 10.1 Å². The summed E-state index contributed by atoms with van der Waals surface area (Å²) in [5.74, 6) is 0.643. The number of halogens is 5. The molecular weight excluding hydrogens is 378 g/mol. The van der Waals surface area contributed by atoms with Crippen LogP contribution in [0.25, 0.3) is 10.9 Å². The first-order valence-electron chi connectivity index (χ1n) is 7.64. The van der Waals surface area contributed by atoms with Crippen molar-refractivity contribution in [1.82, 2.24) is 15.2 Å². The summed E-state index contributed by atoms with van der Waals surface area (Å²) in [7, 11) is 1.55. The Morgan fingerprint density at radius 3 is 2.48 bits per heavy atom. The summed E-state index contributed by atoms with van der Waals surface area (Å²) >= 11 is 0. The van der Waals surface area contributed by atoms with Crippen LogP contribution in [0.3, 0.4) is 0 Å². The normalized spacial score (nSPS) is 16.8. The smallest absolute Gasteiger partial charge is 0.390 e. The lowest BCUT2D eigenvalue weighted by Gasteiger charge is -2.35. The van der Waals surface area contributed by atoms with E-state index in [1.165, 1.54) is 0 Å². The highest BCUT2D eigenvalue weighted by Gasteiger charge is 2.37. The van der Waals surface area contributed by atoms with Gasteiger partial charge in [0.05, 0.1) is 13.5 Å². The quantitative estimate of drug-likeness (QED) is 0.818. The second-order valence-electron chi connectivity index (χ2n) is 5.78. The molecule has 25 heavy (non-hydrogen) atoms. The van der Waals surface area contributed by atoms with E-state index >= 15 is 0 Å². The van der Waals surface area contributed by atoms with Crippen LogP contribution >= 0.6 is 24.8 Å². The third-order valence-corrected chi connectivity index (χ3v) is 4.30. The fourth-order valence-corrected chi connectivity index (χ4v) is 3.17. The number of ether oxygens (including phenoxy) is 1. The molecule has 0 bridgehead atoms. The molecule has 1 saturated heterocycles. The first kappa shape index (κ1) is 21.9. The predicted molar refractivity (Wildman–Crippen MR) is 97.2 cm³/mol. The van der Waals surface area contributed by atoms with Gasteiger partial charge in [0.1, 0.15) is 5.75 Å². The minimum absolute atomic E-state index is 0. The van der Waals surface area contributed by atoms with E-state index in [0.29, 0.717) is 37.5 Å². The van der Waals surface area contributed by atoms with E-state index in [0.717, 1.165) is 10.9 Å². The molecule has 0 spiro atoms. The largest absolute Gasteiger partial charge is 0.497 e. The summed E-state index contributed by atoms with van der Waals surface area (Å²) in [6, 6.07) is 4.75. The molecule has 1 aliphatic heterocycles. The topological polar surface area (TPSA) is 40.3 Å². The van der Waals surface area contributed by atoms with Crippen molar-refractivity contribution in [2.45, 2.75) is 18.6 Å². The summed E-state index contributed by atoms with van der Waals surface area (Å²) in [6.45, 7) is 2.63. The number of hydrogen-bond acceptors (Lipinski definition) is 3. The van der Waals surface area contributed by atoms with Crippen LogP contribution in [0.15, 0.2) is 24.4 Å². The Balaban J connectivity index is 0.00000156. The van der Waals surface area contributed by atoms with Crippen molar-refractivity contribution in [2.75, 3.05) is 33.3 Å². The number of nitrogens with zero attached hydrogens (tertiary/aromatic N) is 1. The fraction of sp³-hybridized carbons (Fsp3) is 0.500. The molecule has 9 heteroatoms. The number of aromatic amines is 1. The molecule has 2 aromatic rings. The first-order valence-corrected chi connectivity index (χ1v) is 7.64. The third-order valence-electron chi connectivity index (χ3n) is 4.30. The van der Waals surface area contributed by atoms with Crippen LogP contribution in [0.5, 0.6) is 5.75 Å². The van der Waals surface area contributed by atoms with Gasteiger partial charge in [0.2, 0.25) is 0 Å². The van der Waals surface area contributed by atoms with Gasteiger partial charge in [-0.2, -0.15) is 13.2 Å². The molecule has 1 aromatic carbocycles. The molecule has 2 N–H and O–H groups in total. The number of rotatable bonds is 4. The lowest BCUT2D eigenvalue weighted by Crippen LogP contribution is -2.46. The van der Waals surface area contributed by atoms with E-state index in [1.54, 1.807) is 25.4 Å². The molecule has 0 aliphatic carbocycles. The molecule has 0 radical (unpaired) electrons. The number of methoxy groups -OCH3 is 1. The molecule has 0 saturated carbocycles. The second kappa shape index (κ2) is 8.98. The highest BCUT2D eigenvalue weighted by Crippen LogP contribution is 2.38. The Bertz CT molecular complexity index is 672. The number of benzene rings is 1. The van der Waals surface area contributed by atoms with Crippen LogP contribution in [-0.4, -0.2) is 49.3 Å². The molecule has 1 aliphatic rings. The van der Waals surface area contributed by atoms with Crippen LogP contribution in [0.4, 0.5) is 13.2 Å². The molecule has 1 fully saturated rings. The predicted octanol–water partition coefficient (Wildman–Crippen LogP) is 3.92. The van der Waals surface area contributed by atoms with Crippen LogP contribution in [0, 0.1) is 0 Å². The van der Waals surface area contributed by atoms with E-state index in [4.69, 9.17) is 4.74 Å². The fourth-order valence-electron chi connectivity index (χ4n) is 3.17. The number of fused-ring (bicyclic) bond motifs is 1. The van der Waals surface area contributed by atoms with Crippen molar-refractivity contribution in [1.29, 1.82) is 0 Å². The molecule has 1 aromatic heterocycles. The summed E-state index contributed by atoms with van der Waals surface area (Å²) in [5.41, 5.74) is 1.50. The third kappa shape index (κ3) is 5.17. The van der Waals surface area contributed by atoms with Gasteiger partial charge < -0.3 is 15.0 Å². The zero-order valence-electron chi connectivity index (χ0n) is 13.7. The maximum absolute atomic E-state index is 13.1. The van der Waals surface area contributed by atoms with E-state index < -0.39 is 18.6 Å². The van der Waals surface area contributed by atoms with Gasteiger partial charge in [-0.1, -0.05) is 0 Å². The SMILES string of the molecule is COc1ccc2[nH]cc([C@@H](CC(F)(F)F)N3CCNCC3)c2c1.Cl.Cl. The molecule has 2 heterocycles. The Kier molecular flexibility index (Phi) is 7.87. The molecule has 4 nitrogen and oxygen atoms in total. The maximum atomic E-state index is 13.1. The van der Waals surface area contributed by atoms with Gasteiger partial charge in [0.15, 0.2) is 0 Å². The van der Waals surface area contributed by atoms with Crippen LogP contribution in [-0.2, 0) is 0 Å². The number of nitrogens with one attached hydrogen (secondary N) is 2. The maximum Gasteiger partial charge on any atom is 0.390 e. The molecule has 3 rings (SSSR count). The highest BCUT2D eigenvalue weighted by atomic mass is 35.5. The van der Waals surface area contributed by atoms with E-state index in [9.17, 15) is 13.2 Å². The van der Waals surface area contributed by atoms with Gasteiger partial charge in [-0.15, -0.1) is 24.8 Å². The average Bonchev–Trinajstić information content (AvgIpc) is 2.95. The monoisotopic (exact) mass is 399 g/mol. The van der Waals surface area contributed by atoms with Gasteiger partial charge in [-0.3, -0.25) is 4.90 Å². The Hall–Kier alpha value is -1.15. The van der Waals surface area contributed by atoms with Crippen molar-refractivity contribution in [3.05, 3.63) is 30.0 Å². The number of aromatic nitrogens is 1. The number of H-pyrrole nitrogens is 1. The molecule has 0 amide bonds. The van der Waals surface area contributed by atoms with Crippen molar-refractivity contribution in [3.8, 4) is 5.75 Å². The van der Waals surface area contributed by atoms with Crippen LogP contribution in [0.2, 0.25) is 0 Å². The second-order valence-corrected chi connectivity index (χ2v) is 5.78. The van der Waals surface area contributed by atoms with Crippen molar-refractivity contribution in [3.63, 3.8) is 0 Å². The van der Waals surface area contributed by atoms with Gasteiger partial charge in [-0.05, 0) is 23.8 Å². The number of piperazine rings is 1. The van der Waals surface area contributed by atoms with Gasteiger partial charge in [0.25, 0.3) is 0 Å². The summed E-state index contributed by atoms with van der Waals surface area (Å²) in [4.78, 5) is 4.99. The van der Waals surface area contributed by atoms with Gasteiger partial charge in [0, 0.05) is 49.3 Å². The Labute approximate surface area is 156 Å². The average molecular weight is 400 g/mol. The van der Waals surface area contributed by atoms with E-state index in [-0.39, 0.29) is 24.8 Å². The highest BCUT2D eigenvalue weighted by molar-refractivity contribution is 5.86. The summed E-state index contributed by atoms with van der Waals surface area (Å²) < 4.78 is 44.6. The molecule has 0 unspecified atom stereocenters. The minimum Gasteiger partial charge on any atom is -0.497 e. The van der Waals surface area contributed by atoms with Crippen molar-refractivity contribution >= 4 is 35.7 Å². The van der Waals surface area contributed by atoms with E-state index in [1.807, 2.05) is 11.0 Å². The zero-order valence-corrected chi connectivity index (χ0v) is 15.4. The molecular formula is C16H22Cl2F3N3O. The Morgan fingerprint density at radius 1 is 1.20 bits per heavy atom. The van der Waals surface area contributed by atoms with Gasteiger partial charge >= 0.3 is 6.18 Å². The summed E-state index contributed by atoms with van der Waals surface area (Å²) in [5, 5.41) is 3.97. The first-order chi connectivity index (χ1) is 11.0. The van der Waals surface area contributed by atoms with Crippen molar-refractivity contribution in [2.24, 2.45) is 0 Å². The lowest BCUT2D eigenvalue weighted by molar-refractivity contribution is -0.148.